The van der Waals surface area contributed by atoms with Gasteiger partial charge in [0.1, 0.15) is 11.6 Å². The maximum absolute atomic E-state index is 14.1. The molecule has 0 aromatic heterocycles. The molecule has 3 aromatic rings. The Balaban J connectivity index is 1.42. The number of hydrogen-bond donors (Lipinski definition) is 1. The number of para-hydroxylation sites is 1. The van der Waals surface area contributed by atoms with Crippen molar-refractivity contribution in [3.05, 3.63) is 98.6 Å². The van der Waals surface area contributed by atoms with Crippen LogP contribution in [0.5, 0.6) is 5.75 Å². The third-order valence-corrected chi connectivity index (χ3v) is 6.52. The van der Waals surface area contributed by atoms with Crippen molar-refractivity contribution in [1.82, 2.24) is 4.90 Å². The summed E-state index contributed by atoms with van der Waals surface area (Å²) in [6, 6.07) is 17.7. The third kappa shape index (κ3) is 6.03. The average molecular weight is 531 g/mol. The first kappa shape index (κ1) is 24.8. The van der Waals surface area contributed by atoms with Crippen molar-refractivity contribution in [1.29, 1.82) is 0 Å². The molecular weight excluding hydrogens is 514 g/mol. The monoisotopic (exact) mass is 530 g/mol. The van der Waals surface area contributed by atoms with Gasteiger partial charge in [-0.15, -0.1) is 0 Å². The molecule has 178 valence electrons. The average Bonchev–Trinajstić information content (AvgIpc) is 3.09. The molecule has 0 radical (unpaired) electrons. The zero-order valence-corrected chi connectivity index (χ0v) is 20.3. The number of ether oxygens (including phenoxy) is 1. The summed E-state index contributed by atoms with van der Waals surface area (Å²) in [5.74, 6) is -1.14. The minimum absolute atomic E-state index is 0.0724. The van der Waals surface area contributed by atoms with Crippen LogP contribution in [0.1, 0.15) is 11.1 Å². The number of thioether (sulfide) groups is 1. The normalized spacial score (nSPS) is 14.5. The highest BCUT2D eigenvalue weighted by Crippen LogP contribution is 2.35. The molecule has 0 spiro atoms. The summed E-state index contributed by atoms with van der Waals surface area (Å²) in [4.78, 5) is 38.5. The zero-order chi connectivity index (χ0) is 24.9. The van der Waals surface area contributed by atoms with Gasteiger partial charge in [0.2, 0.25) is 0 Å². The maximum Gasteiger partial charge on any atom is 0.293 e. The Morgan fingerprint density at radius 3 is 2.54 bits per heavy atom. The fourth-order valence-electron chi connectivity index (χ4n) is 3.22. The van der Waals surface area contributed by atoms with Gasteiger partial charge in [0.15, 0.2) is 6.61 Å². The van der Waals surface area contributed by atoms with E-state index in [1.807, 2.05) is 0 Å². The molecular formula is C25H17Cl2FN2O4S. The van der Waals surface area contributed by atoms with Crippen LogP contribution in [-0.4, -0.2) is 28.6 Å². The third-order valence-electron chi connectivity index (χ3n) is 4.93. The standard InChI is InChI=1S/C25H17Cl2FN2O4S/c26-18-8-4-9-20(28)17(18)13-30-24(32)22(35-25(30)33)12-15-5-3-6-16(11-15)34-14-23(31)29-21-10-2-1-7-19(21)27/h1-12H,13-14H2,(H,29,31)/b22-12-. The summed E-state index contributed by atoms with van der Waals surface area (Å²) in [5.41, 5.74) is 1.13. The number of halogens is 3. The second-order valence-corrected chi connectivity index (χ2v) is 9.16. The van der Waals surface area contributed by atoms with Gasteiger partial charge in [0.05, 0.1) is 22.2 Å². The lowest BCUT2D eigenvalue weighted by atomic mass is 10.2. The van der Waals surface area contributed by atoms with Crippen molar-refractivity contribution in [3.63, 3.8) is 0 Å². The minimum Gasteiger partial charge on any atom is -0.484 e. The fourth-order valence-corrected chi connectivity index (χ4v) is 4.47. The van der Waals surface area contributed by atoms with E-state index in [2.05, 4.69) is 5.32 Å². The predicted molar refractivity (Wildman–Crippen MR) is 135 cm³/mol. The smallest absolute Gasteiger partial charge is 0.293 e. The molecule has 0 saturated carbocycles. The SMILES string of the molecule is O=C(COc1cccc(/C=C2\SC(=O)N(Cc3c(F)cccc3Cl)C2=O)c1)Nc1ccccc1Cl. The number of carbonyl (C=O) groups is 3. The van der Waals surface area contributed by atoms with Crippen LogP contribution in [0.2, 0.25) is 10.0 Å². The number of nitrogens with zero attached hydrogens (tertiary/aromatic N) is 1. The predicted octanol–water partition coefficient (Wildman–Crippen LogP) is 6.39. The first-order valence-corrected chi connectivity index (χ1v) is 11.8. The molecule has 4 rings (SSSR count). The molecule has 0 bridgehead atoms. The van der Waals surface area contributed by atoms with Crippen molar-refractivity contribution in [3.8, 4) is 5.75 Å². The van der Waals surface area contributed by atoms with Gasteiger partial charge in [-0.1, -0.05) is 53.5 Å². The number of nitrogens with one attached hydrogen (secondary N) is 1. The molecule has 3 amide bonds. The van der Waals surface area contributed by atoms with E-state index < -0.39 is 22.9 Å². The first-order valence-electron chi connectivity index (χ1n) is 10.3. The lowest BCUT2D eigenvalue weighted by Crippen LogP contribution is -2.28. The van der Waals surface area contributed by atoms with Gasteiger partial charge in [-0.05, 0) is 59.8 Å². The van der Waals surface area contributed by atoms with E-state index in [1.54, 1.807) is 48.5 Å². The molecule has 0 unspecified atom stereocenters. The van der Waals surface area contributed by atoms with Crippen molar-refractivity contribution in [2.24, 2.45) is 0 Å². The zero-order valence-electron chi connectivity index (χ0n) is 18.0. The summed E-state index contributed by atoms with van der Waals surface area (Å²) in [7, 11) is 0. The minimum atomic E-state index is -0.594. The number of anilines is 1. The molecule has 6 nitrogen and oxygen atoms in total. The van der Waals surface area contributed by atoms with Gasteiger partial charge >= 0.3 is 0 Å². The Labute approximate surface area is 214 Å². The van der Waals surface area contributed by atoms with Crippen LogP contribution in [0.3, 0.4) is 0 Å². The van der Waals surface area contributed by atoms with E-state index in [0.717, 1.165) is 16.7 Å². The first-order chi connectivity index (χ1) is 16.8. The van der Waals surface area contributed by atoms with Crippen LogP contribution < -0.4 is 10.1 Å². The van der Waals surface area contributed by atoms with Crippen molar-refractivity contribution < 1.29 is 23.5 Å². The molecule has 0 aliphatic carbocycles. The number of rotatable bonds is 7. The highest BCUT2D eigenvalue weighted by molar-refractivity contribution is 8.18. The molecule has 0 atom stereocenters. The van der Waals surface area contributed by atoms with Gasteiger partial charge in [-0.25, -0.2) is 4.39 Å². The Morgan fingerprint density at radius 1 is 1.03 bits per heavy atom. The topological polar surface area (TPSA) is 75.7 Å². The Hall–Kier alpha value is -3.33. The van der Waals surface area contributed by atoms with Crippen molar-refractivity contribution >= 4 is 63.8 Å². The van der Waals surface area contributed by atoms with E-state index in [9.17, 15) is 18.8 Å². The van der Waals surface area contributed by atoms with E-state index in [4.69, 9.17) is 27.9 Å². The van der Waals surface area contributed by atoms with Crippen LogP contribution in [0.25, 0.3) is 6.08 Å². The van der Waals surface area contributed by atoms with Gasteiger partial charge in [0, 0.05) is 10.6 Å². The van der Waals surface area contributed by atoms with Crippen LogP contribution in [0.15, 0.2) is 71.6 Å². The largest absolute Gasteiger partial charge is 0.484 e. The van der Waals surface area contributed by atoms with Crippen LogP contribution in [-0.2, 0) is 16.1 Å². The van der Waals surface area contributed by atoms with Crippen molar-refractivity contribution in [2.45, 2.75) is 6.54 Å². The van der Waals surface area contributed by atoms with E-state index in [0.29, 0.717) is 22.0 Å². The molecule has 10 heteroatoms. The van der Waals surface area contributed by atoms with Gasteiger partial charge in [0.25, 0.3) is 17.1 Å². The molecule has 1 fully saturated rings. The summed E-state index contributed by atoms with van der Waals surface area (Å²) in [6.45, 7) is -0.522. The Bertz CT molecular complexity index is 1330. The van der Waals surface area contributed by atoms with Crippen molar-refractivity contribution in [2.75, 3.05) is 11.9 Å². The van der Waals surface area contributed by atoms with E-state index >= 15 is 0 Å². The van der Waals surface area contributed by atoms with Gasteiger partial charge in [-0.3, -0.25) is 19.3 Å². The fraction of sp³-hybridized carbons (Fsp3) is 0.0800. The Morgan fingerprint density at radius 2 is 1.77 bits per heavy atom. The maximum atomic E-state index is 14.1. The highest BCUT2D eigenvalue weighted by atomic mass is 35.5. The van der Waals surface area contributed by atoms with Crippen LogP contribution >= 0.6 is 35.0 Å². The quantitative estimate of drug-likeness (QED) is 0.358. The van der Waals surface area contributed by atoms with E-state index in [1.165, 1.54) is 24.3 Å². The van der Waals surface area contributed by atoms with Crippen LogP contribution in [0.4, 0.5) is 14.9 Å². The lowest BCUT2D eigenvalue weighted by molar-refractivity contribution is -0.123. The summed E-state index contributed by atoms with van der Waals surface area (Å²) in [6.07, 6.45) is 1.53. The highest BCUT2D eigenvalue weighted by Gasteiger charge is 2.35. The molecule has 35 heavy (non-hydrogen) atoms. The second kappa shape index (κ2) is 10.9. The van der Waals surface area contributed by atoms with Crippen LogP contribution in [0, 0.1) is 5.82 Å². The number of carbonyl (C=O) groups excluding carboxylic acids is 3. The summed E-state index contributed by atoms with van der Waals surface area (Å²) < 4.78 is 19.7. The van der Waals surface area contributed by atoms with Gasteiger partial charge in [-0.2, -0.15) is 0 Å². The molecule has 1 N–H and O–H groups in total. The lowest BCUT2D eigenvalue weighted by Gasteiger charge is -2.14. The summed E-state index contributed by atoms with van der Waals surface area (Å²) in [5, 5.41) is 2.69. The molecule has 1 aliphatic rings. The molecule has 1 heterocycles. The Kier molecular flexibility index (Phi) is 7.75. The number of hydrogen-bond acceptors (Lipinski definition) is 5. The van der Waals surface area contributed by atoms with Gasteiger partial charge < -0.3 is 10.1 Å². The molecule has 1 aliphatic heterocycles. The molecule has 1 saturated heterocycles. The number of imide groups is 1. The second-order valence-electron chi connectivity index (χ2n) is 7.36. The van der Waals surface area contributed by atoms with E-state index in [-0.39, 0.29) is 28.6 Å². The molecule has 3 aromatic carbocycles. The summed E-state index contributed by atoms with van der Waals surface area (Å²) >= 11 is 12.8. The number of benzene rings is 3. The number of amides is 3.